The lowest BCUT2D eigenvalue weighted by atomic mass is 10.1. The van der Waals surface area contributed by atoms with Gasteiger partial charge in [0.1, 0.15) is 5.69 Å². The number of aromatic nitrogens is 1. The summed E-state index contributed by atoms with van der Waals surface area (Å²) in [6.45, 7) is 5.33. The summed E-state index contributed by atoms with van der Waals surface area (Å²) in [4.78, 5) is 16.2. The number of nitrogens with two attached hydrogens (primary N) is 1. The molecule has 4 N–H and O–H groups in total. The Morgan fingerprint density at radius 2 is 1.85 bits per heavy atom. The van der Waals surface area contributed by atoms with E-state index in [0.717, 1.165) is 11.3 Å². The summed E-state index contributed by atoms with van der Waals surface area (Å²) < 4.78 is 22.4. The summed E-state index contributed by atoms with van der Waals surface area (Å²) in [5, 5.41) is 11.1. The summed E-state index contributed by atoms with van der Waals surface area (Å²) in [7, 11) is -3.66. The van der Waals surface area contributed by atoms with Crippen molar-refractivity contribution in [2.45, 2.75) is 25.2 Å². The molecule has 0 aliphatic rings. The second-order valence-corrected chi connectivity index (χ2v) is 7.96. The Hall–Kier alpha value is -2.45. The number of sulfonamides is 1. The number of nitrogens with zero attached hydrogens (tertiary/aromatic N) is 1. The summed E-state index contributed by atoms with van der Waals surface area (Å²) in [5.74, 6) is 0.208. The molecule has 26 heavy (non-hydrogen) atoms. The Morgan fingerprint density at radius 1 is 1.15 bits per heavy atom. The van der Waals surface area contributed by atoms with Crippen LogP contribution in [0.1, 0.15) is 29.9 Å². The van der Waals surface area contributed by atoms with Crippen LogP contribution in [0.5, 0.6) is 0 Å². The highest BCUT2D eigenvalue weighted by Gasteiger charge is 2.08. The van der Waals surface area contributed by atoms with Crippen LogP contribution in [0.2, 0.25) is 0 Å². The Labute approximate surface area is 154 Å². The largest absolute Gasteiger partial charge is 0.383 e. The van der Waals surface area contributed by atoms with E-state index in [-0.39, 0.29) is 10.8 Å². The molecule has 1 aromatic heterocycles. The summed E-state index contributed by atoms with van der Waals surface area (Å²) in [6.07, 6.45) is 2.33. The molecule has 0 radical (unpaired) electrons. The van der Waals surface area contributed by atoms with E-state index < -0.39 is 10.0 Å². The van der Waals surface area contributed by atoms with Crippen molar-refractivity contribution in [1.29, 1.82) is 0 Å². The molecule has 1 amide bonds. The van der Waals surface area contributed by atoms with Crippen molar-refractivity contribution in [3.63, 3.8) is 0 Å². The normalized spacial score (nSPS) is 11.4. The van der Waals surface area contributed by atoms with Gasteiger partial charge in [-0.25, -0.2) is 18.5 Å². The zero-order valence-electron chi connectivity index (χ0n) is 14.9. The van der Waals surface area contributed by atoms with E-state index in [1.807, 2.05) is 13.8 Å². The van der Waals surface area contributed by atoms with Crippen molar-refractivity contribution in [3.05, 3.63) is 53.9 Å². The molecule has 1 heterocycles. The molecule has 2 aromatic rings. The zero-order valence-corrected chi connectivity index (χ0v) is 15.7. The second-order valence-electron chi connectivity index (χ2n) is 6.40. The lowest BCUT2D eigenvalue weighted by molar-refractivity contribution is 0.0944. The van der Waals surface area contributed by atoms with Gasteiger partial charge >= 0.3 is 0 Å². The van der Waals surface area contributed by atoms with Crippen molar-refractivity contribution >= 4 is 21.6 Å². The predicted molar refractivity (Wildman–Crippen MR) is 101 cm³/mol. The molecule has 0 unspecified atom stereocenters. The molecule has 0 spiro atoms. The maximum atomic E-state index is 11.9. The van der Waals surface area contributed by atoms with E-state index in [9.17, 15) is 13.2 Å². The van der Waals surface area contributed by atoms with Gasteiger partial charge in [-0.2, -0.15) is 0 Å². The number of benzene rings is 1. The minimum absolute atomic E-state index is 0.102. The van der Waals surface area contributed by atoms with Gasteiger partial charge in [-0.15, -0.1) is 0 Å². The number of pyridine rings is 1. The number of hydrogen-bond donors (Lipinski definition) is 3. The molecule has 0 aliphatic heterocycles. The van der Waals surface area contributed by atoms with Gasteiger partial charge in [0.25, 0.3) is 5.91 Å². The number of rotatable bonds is 8. The van der Waals surface area contributed by atoms with Crippen LogP contribution in [0, 0.1) is 5.92 Å². The minimum Gasteiger partial charge on any atom is -0.383 e. The smallest absolute Gasteiger partial charge is 0.269 e. The molecule has 0 atom stereocenters. The fraction of sp³-hybridized carbons (Fsp3) is 0.333. The van der Waals surface area contributed by atoms with Crippen LogP contribution in [-0.2, 0) is 16.4 Å². The van der Waals surface area contributed by atoms with Gasteiger partial charge in [-0.3, -0.25) is 4.79 Å². The molecule has 0 saturated carbocycles. The molecular weight excluding hydrogens is 352 g/mol. The van der Waals surface area contributed by atoms with Crippen LogP contribution < -0.4 is 15.8 Å². The lowest BCUT2D eigenvalue weighted by Crippen LogP contribution is -2.28. The maximum Gasteiger partial charge on any atom is 0.269 e. The van der Waals surface area contributed by atoms with Gasteiger partial charge in [-0.05, 0) is 42.2 Å². The first-order valence-electron chi connectivity index (χ1n) is 8.35. The third-order valence-corrected chi connectivity index (χ3v) is 4.59. The van der Waals surface area contributed by atoms with E-state index in [2.05, 4.69) is 15.6 Å². The number of hydrogen-bond acceptors (Lipinski definition) is 5. The van der Waals surface area contributed by atoms with Crippen molar-refractivity contribution in [1.82, 2.24) is 10.3 Å². The molecule has 1 aromatic carbocycles. The van der Waals surface area contributed by atoms with E-state index in [1.165, 1.54) is 12.1 Å². The van der Waals surface area contributed by atoms with Crippen molar-refractivity contribution < 1.29 is 13.2 Å². The molecule has 0 saturated heterocycles. The Bertz CT molecular complexity index is 832. The van der Waals surface area contributed by atoms with Gasteiger partial charge < -0.3 is 10.6 Å². The van der Waals surface area contributed by atoms with Crippen LogP contribution >= 0.6 is 0 Å². The predicted octanol–water partition coefficient (Wildman–Crippen LogP) is 1.77. The highest BCUT2D eigenvalue weighted by atomic mass is 32.2. The third-order valence-electron chi connectivity index (χ3n) is 3.66. The van der Waals surface area contributed by atoms with Gasteiger partial charge in [0, 0.05) is 13.1 Å². The zero-order chi connectivity index (χ0) is 19.2. The summed E-state index contributed by atoms with van der Waals surface area (Å²) in [6, 6.07) is 9.96. The van der Waals surface area contributed by atoms with E-state index in [4.69, 9.17) is 5.14 Å². The molecule has 0 bridgehead atoms. The summed E-state index contributed by atoms with van der Waals surface area (Å²) in [5.41, 5.74) is 2.18. The highest BCUT2D eigenvalue weighted by molar-refractivity contribution is 7.89. The average Bonchev–Trinajstić information content (AvgIpc) is 2.60. The van der Waals surface area contributed by atoms with Crippen molar-refractivity contribution in [3.8, 4) is 0 Å². The number of amides is 1. The fourth-order valence-corrected chi connectivity index (χ4v) is 2.73. The van der Waals surface area contributed by atoms with Gasteiger partial charge in [0.15, 0.2) is 0 Å². The minimum atomic E-state index is -3.66. The quantitative estimate of drug-likeness (QED) is 0.650. The van der Waals surface area contributed by atoms with Gasteiger partial charge in [0.2, 0.25) is 10.0 Å². The fourth-order valence-electron chi connectivity index (χ4n) is 2.22. The monoisotopic (exact) mass is 376 g/mol. The van der Waals surface area contributed by atoms with Crippen molar-refractivity contribution in [2.24, 2.45) is 11.1 Å². The molecule has 2 rings (SSSR count). The van der Waals surface area contributed by atoms with Crippen LogP contribution in [0.4, 0.5) is 5.69 Å². The summed E-state index contributed by atoms with van der Waals surface area (Å²) >= 11 is 0. The van der Waals surface area contributed by atoms with Crippen LogP contribution in [-0.4, -0.2) is 32.4 Å². The molecular formula is C18H24N4O3S. The second kappa shape index (κ2) is 8.77. The van der Waals surface area contributed by atoms with E-state index in [0.29, 0.717) is 31.1 Å². The first kappa shape index (κ1) is 19.9. The molecule has 8 heteroatoms. The molecule has 0 aliphatic carbocycles. The Kier molecular flexibility index (Phi) is 6.70. The van der Waals surface area contributed by atoms with Gasteiger partial charge in [-0.1, -0.05) is 26.0 Å². The Morgan fingerprint density at radius 3 is 2.38 bits per heavy atom. The SMILES string of the molecule is CC(C)CNC(=O)c1ccc(NCCc2ccc(S(N)(=O)=O)cc2)cn1. The van der Waals surface area contributed by atoms with Crippen LogP contribution in [0.3, 0.4) is 0 Å². The number of carbonyl (C=O) groups is 1. The lowest BCUT2D eigenvalue weighted by Gasteiger charge is -2.09. The highest BCUT2D eigenvalue weighted by Crippen LogP contribution is 2.10. The first-order chi connectivity index (χ1) is 12.3. The number of primary sulfonamides is 1. The number of carbonyl (C=O) groups excluding carboxylic acids is 1. The van der Waals surface area contributed by atoms with Crippen LogP contribution in [0.25, 0.3) is 0 Å². The number of anilines is 1. The van der Waals surface area contributed by atoms with Crippen LogP contribution in [0.15, 0.2) is 47.5 Å². The first-order valence-corrected chi connectivity index (χ1v) is 9.90. The van der Waals surface area contributed by atoms with E-state index >= 15 is 0 Å². The number of nitrogens with one attached hydrogen (secondary N) is 2. The third kappa shape index (κ3) is 6.12. The Balaban J connectivity index is 1.83. The average molecular weight is 376 g/mol. The topological polar surface area (TPSA) is 114 Å². The van der Waals surface area contributed by atoms with Crippen molar-refractivity contribution in [2.75, 3.05) is 18.4 Å². The molecule has 7 nitrogen and oxygen atoms in total. The molecule has 140 valence electrons. The van der Waals surface area contributed by atoms with Gasteiger partial charge in [0.05, 0.1) is 16.8 Å². The maximum absolute atomic E-state index is 11.9. The molecule has 0 fully saturated rings. The van der Waals surface area contributed by atoms with E-state index in [1.54, 1.807) is 30.5 Å². The standard InChI is InChI=1S/C18H24N4O3S/c1-13(2)11-22-18(23)17-8-5-15(12-21-17)20-10-9-14-3-6-16(7-4-14)26(19,24)25/h3-8,12-13,20H,9-11H2,1-2H3,(H,22,23)(H2,19,24,25).